The minimum atomic E-state index is -0.317. The van der Waals surface area contributed by atoms with Gasteiger partial charge in [-0.25, -0.2) is 4.39 Å². The van der Waals surface area contributed by atoms with E-state index in [1.54, 1.807) is 6.07 Å². The van der Waals surface area contributed by atoms with Gasteiger partial charge in [0, 0.05) is 30.5 Å². The van der Waals surface area contributed by atoms with Crippen LogP contribution in [0.15, 0.2) is 36.4 Å². The van der Waals surface area contributed by atoms with Crippen LogP contribution in [0.25, 0.3) is 0 Å². The van der Waals surface area contributed by atoms with Crippen LogP contribution in [0.3, 0.4) is 0 Å². The molecule has 0 aliphatic heterocycles. The fraction of sp³-hybridized carbons (Fsp3) is 0.294. The molecule has 112 valence electrons. The molecule has 0 aliphatic carbocycles. The molecule has 4 heteroatoms. The summed E-state index contributed by atoms with van der Waals surface area (Å²) in [7, 11) is 4.03. The van der Waals surface area contributed by atoms with Crippen molar-refractivity contribution >= 4 is 23.0 Å². The van der Waals surface area contributed by atoms with Crippen LogP contribution in [0.5, 0.6) is 0 Å². The van der Waals surface area contributed by atoms with Gasteiger partial charge in [0.15, 0.2) is 0 Å². The van der Waals surface area contributed by atoms with E-state index in [9.17, 15) is 4.39 Å². The zero-order valence-corrected chi connectivity index (χ0v) is 13.5. The van der Waals surface area contributed by atoms with Gasteiger partial charge in [-0.2, -0.15) is 0 Å². The Morgan fingerprint density at radius 1 is 1.14 bits per heavy atom. The third kappa shape index (κ3) is 3.67. The van der Waals surface area contributed by atoms with E-state index in [0.29, 0.717) is 5.02 Å². The smallest absolute Gasteiger partial charge is 0.124 e. The summed E-state index contributed by atoms with van der Waals surface area (Å²) in [6.07, 6.45) is 0. The van der Waals surface area contributed by atoms with Gasteiger partial charge in [-0.1, -0.05) is 17.7 Å². The van der Waals surface area contributed by atoms with Gasteiger partial charge in [0.1, 0.15) is 5.82 Å². The second-order valence-corrected chi connectivity index (χ2v) is 5.83. The average molecular weight is 307 g/mol. The third-order valence-corrected chi connectivity index (χ3v) is 3.85. The largest absolute Gasteiger partial charge is 0.378 e. The van der Waals surface area contributed by atoms with Crippen LogP contribution in [0, 0.1) is 12.7 Å². The van der Waals surface area contributed by atoms with E-state index in [4.69, 9.17) is 11.6 Å². The highest BCUT2D eigenvalue weighted by molar-refractivity contribution is 6.31. The fourth-order valence-electron chi connectivity index (χ4n) is 2.25. The molecule has 1 unspecified atom stereocenters. The summed E-state index contributed by atoms with van der Waals surface area (Å²) in [5.41, 5.74) is 4.25. The minimum Gasteiger partial charge on any atom is -0.378 e. The molecule has 2 aromatic carbocycles. The normalized spacial score (nSPS) is 12.1. The van der Waals surface area contributed by atoms with Crippen molar-refractivity contribution < 1.29 is 4.39 Å². The van der Waals surface area contributed by atoms with Gasteiger partial charge in [0.05, 0.1) is 6.04 Å². The van der Waals surface area contributed by atoms with Crippen LogP contribution in [0.2, 0.25) is 5.02 Å². The zero-order chi connectivity index (χ0) is 15.6. The summed E-state index contributed by atoms with van der Waals surface area (Å²) >= 11 is 6.11. The van der Waals surface area contributed by atoms with Crippen LogP contribution in [0.4, 0.5) is 15.8 Å². The molecule has 1 atom stereocenters. The Morgan fingerprint density at radius 2 is 1.86 bits per heavy atom. The van der Waals surface area contributed by atoms with Crippen LogP contribution < -0.4 is 10.2 Å². The number of nitrogens with zero attached hydrogens (tertiary/aromatic N) is 1. The Bertz CT molecular complexity index is 641. The molecule has 0 bridgehead atoms. The number of hydrogen-bond acceptors (Lipinski definition) is 2. The monoisotopic (exact) mass is 306 g/mol. The van der Waals surface area contributed by atoms with Crippen molar-refractivity contribution in [3.8, 4) is 0 Å². The molecule has 2 nitrogen and oxygen atoms in total. The van der Waals surface area contributed by atoms with Gasteiger partial charge in [0.2, 0.25) is 0 Å². The summed E-state index contributed by atoms with van der Waals surface area (Å²) in [4.78, 5) is 2.07. The molecular formula is C17H20ClFN2. The lowest BCUT2D eigenvalue weighted by Crippen LogP contribution is -2.11. The zero-order valence-electron chi connectivity index (χ0n) is 12.7. The van der Waals surface area contributed by atoms with Crippen molar-refractivity contribution in [1.82, 2.24) is 0 Å². The second kappa shape index (κ2) is 6.35. The molecule has 0 aliphatic rings. The highest BCUT2D eigenvalue weighted by Crippen LogP contribution is 2.29. The minimum absolute atomic E-state index is 0.00186. The van der Waals surface area contributed by atoms with Crippen molar-refractivity contribution in [1.29, 1.82) is 0 Å². The number of benzene rings is 2. The number of halogens is 2. The van der Waals surface area contributed by atoms with Gasteiger partial charge in [0.25, 0.3) is 0 Å². The van der Waals surface area contributed by atoms with Crippen LogP contribution in [0.1, 0.15) is 24.1 Å². The first-order valence-corrected chi connectivity index (χ1v) is 7.25. The molecule has 2 rings (SSSR count). The molecule has 1 N–H and O–H groups in total. The van der Waals surface area contributed by atoms with Crippen LogP contribution >= 0.6 is 11.6 Å². The average Bonchev–Trinajstić information content (AvgIpc) is 2.40. The summed E-state index contributed by atoms with van der Waals surface area (Å²) in [5.74, 6) is -0.317. The molecule has 0 spiro atoms. The third-order valence-electron chi connectivity index (χ3n) is 3.53. The quantitative estimate of drug-likeness (QED) is 0.852. The van der Waals surface area contributed by atoms with Gasteiger partial charge in [-0.05, 0) is 55.3 Å². The van der Waals surface area contributed by atoms with Crippen LogP contribution in [-0.4, -0.2) is 14.1 Å². The Hall–Kier alpha value is -1.74. The lowest BCUT2D eigenvalue weighted by Gasteiger charge is -2.20. The highest BCUT2D eigenvalue weighted by atomic mass is 35.5. The maximum absolute atomic E-state index is 13.1. The van der Waals surface area contributed by atoms with Gasteiger partial charge in [-0.3, -0.25) is 0 Å². The topological polar surface area (TPSA) is 15.3 Å². The van der Waals surface area contributed by atoms with Crippen LogP contribution in [-0.2, 0) is 0 Å². The molecule has 0 radical (unpaired) electrons. The van der Waals surface area contributed by atoms with Gasteiger partial charge >= 0.3 is 0 Å². The molecular weight excluding hydrogens is 287 g/mol. The summed E-state index contributed by atoms with van der Waals surface area (Å²) < 4.78 is 13.1. The highest BCUT2D eigenvalue weighted by Gasteiger charge is 2.11. The second-order valence-electron chi connectivity index (χ2n) is 5.43. The summed E-state index contributed by atoms with van der Waals surface area (Å²) in [5, 5.41) is 3.87. The number of aryl methyl sites for hydroxylation is 1. The first-order chi connectivity index (χ1) is 9.88. The Labute approximate surface area is 130 Å². The van der Waals surface area contributed by atoms with E-state index in [1.807, 2.05) is 21.0 Å². The Balaban J connectivity index is 2.21. The summed E-state index contributed by atoms with van der Waals surface area (Å²) in [6, 6.07) is 10.7. The SMILES string of the molecule is Cc1cc(N(C)C)ccc1NC(C)c1ccc(F)cc1Cl. The number of hydrogen-bond donors (Lipinski definition) is 1. The van der Waals surface area contributed by atoms with E-state index in [2.05, 4.69) is 35.3 Å². The predicted octanol–water partition coefficient (Wildman–Crippen LogP) is 5.03. The van der Waals surface area contributed by atoms with E-state index in [1.165, 1.54) is 12.1 Å². The van der Waals surface area contributed by atoms with Crippen molar-refractivity contribution in [2.45, 2.75) is 19.9 Å². The first kappa shape index (κ1) is 15.6. The number of nitrogens with one attached hydrogen (secondary N) is 1. The van der Waals surface area contributed by atoms with Crippen molar-refractivity contribution in [2.24, 2.45) is 0 Å². The molecule has 0 heterocycles. The molecule has 0 saturated heterocycles. The predicted molar refractivity (Wildman–Crippen MR) is 89.0 cm³/mol. The number of rotatable bonds is 4. The summed E-state index contributed by atoms with van der Waals surface area (Å²) in [6.45, 7) is 4.08. The maximum Gasteiger partial charge on any atom is 0.124 e. The molecule has 0 fully saturated rings. The lowest BCUT2D eigenvalue weighted by molar-refractivity contribution is 0.626. The standard InChI is InChI=1S/C17H20ClFN2/c1-11-9-14(21(3)4)6-8-17(11)20-12(2)15-7-5-13(19)10-16(15)18/h5-10,12,20H,1-4H3. The van der Waals surface area contributed by atoms with E-state index >= 15 is 0 Å². The Kier molecular flexibility index (Phi) is 4.73. The first-order valence-electron chi connectivity index (χ1n) is 6.88. The Morgan fingerprint density at radius 3 is 2.43 bits per heavy atom. The van der Waals surface area contributed by atoms with E-state index in [-0.39, 0.29) is 11.9 Å². The molecule has 2 aromatic rings. The van der Waals surface area contributed by atoms with Gasteiger partial charge in [-0.15, -0.1) is 0 Å². The van der Waals surface area contributed by atoms with Crippen molar-refractivity contribution in [3.63, 3.8) is 0 Å². The van der Waals surface area contributed by atoms with Crippen molar-refractivity contribution in [3.05, 3.63) is 58.4 Å². The fourth-order valence-corrected chi connectivity index (χ4v) is 2.58. The van der Waals surface area contributed by atoms with Crippen molar-refractivity contribution in [2.75, 3.05) is 24.3 Å². The molecule has 0 aromatic heterocycles. The maximum atomic E-state index is 13.1. The molecule has 0 amide bonds. The lowest BCUT2D eigenvalue weighted by atomic mass is 10.1. The van der Waals surface area contributed by atoms with E-state index in [0.717, 1.165) is 22.5 Å². The molecule has 0 saturated carbocycles. The number of anilines is 2. The van der Waals surface area contributed by atoms with Gasteiger partial charge < -0.3 is 10.2 Å². The molecule has 21 heavy (non-hydrogen) atoms. The van der Waals surface area contributed by atoms with E-state index < -0.39 is 0 Å².